The molecule has 1 aliphatic heterocycles. The van der Waals surface area contributed by atoms with Gasteiger partial charge in [-0.15, -0.1) is 0 Å². The summed E-state index contributed by atoms with van der Waals surface area (Å²) in [5.74, 6) is 0.328. The van der Waals surface area contributed by atoms with Crippen LogP contribution in [0.2, 0.25) is 5.02 Å². The number of carbonyl (C=O) groups is 2. The van der Waals surface area contributed by atoms with E-state index < -0.39 is 0 Å². The number of pyridine rings is 1. The first kappa shape index (κ1) is 14.3. The second kappa shape index (κ2) is 6.02. The van der Waals surface area contributed by atoms with Crippen molar-refractivity contribution < 1.29 is 9.59 Å². The van der Waals surface area contributed by atoms with Gasteiger partial charge in [-0.2, -0.15) is 0 Å². The highest BCUT2D eigenvalue weighted by molar-refractivity contribution is 6.33. The Morgan fingerprint density at radius 2 is 1.95 bits per heavy atom. The van der Waals surface area contributed by atoms with Crippen molar-refractivity contribution in [1.29, 1.82) is 0 Å². The minimum absolute atomic E-state index is 0.0833. The first-order valence-electron chi connectivity index (χ1n) is 7.34. The minimum Gasteiger partial charge on any atom is -0.353 e. The van der Waals surface area contributed by atoms with Crippen LogP contribution < -0.4 is 5.32 Å². The van der Waals surface area contributed by atoms with E-state index in [0.29, 0.717) is 23.7 Å². The van der Waals surface area contributed by atoms with Gasteiger partial charge in [-0.05, 0) is 31.7 Å². The van der Waals surface area contributed by atoms with Crippen LogP contribution in [0.5, 0.6) is 0 Å². The lowest BCUT2D eigenvalue weighted by atomic mass is 10.0. The van der Waals surface area contributed by atoms with Gasteiger partial charge in [0.15, 0.2) is 0 Å². The van der Waals surface area contributed by atoms with Gasteiger partial charge in [-0.1, -0.05) is 11.6 Å². The van der Waals surface area contributed by atoms with Crippen LogP contribution in [0.25, 0.3) is 0 Å². The highest BCUT2D eigenvalue weighted by atomic mass is 35.5. The fourth-order valence-electron chi connectivity index (χ4n) is 2.60. The van der Waals surface area contributed by atoms with Crippen molar-refractivity contribution in [2.75, 3.05) is 13.1 Å². The number of carbonyl (C=O) groups excluding carboxylic acids is 2. The molecule has 1 aliphatic carbocycles. The first-order chi connectivity index (χ1) is 10.1. The van der Waals surface area contributed by atoms with E-state index in [9.17, 15) is 9.59 Å². The number of hydrogen-bond donors (Lipinski definition) is 1. The fourth-order valence-corrected chi connectivity index (χ4v) is 2.78. The Morgan fingerprint density at radius 1 is 1.24 bits per heavy atom. The number of hydrogen-bond acceptors (Lipinski definition) is 3. The normalized spacial score (nSPS) is 19.4. The predicted molar refractivity (Wildman–Crippen MR) is 79.0 cm³/mol. The van der Waals surface area contributed by atoms with Gasteiger partial charge in [-0.25, -0.2) is 0 Å². The Balaban J connectivity index is 1.54. The maximum Gasteiger partial charge on any atom is 0.256 e. The summed E-state index contributed by atoms with van der Waals surface area (Å²) in [6.45, 7) is 1.28. The van der Waals surface area contributed by atoms with E-state index in [1.165, 1.54) is 6.20 Å². The number of halogens is 1. The lowest BCUT2D eigenvalue weighted by molar-refractivity contribution is -0.123. The van der Waals surface area contributed by atoms with Gasteiger partial charge >= 0.3 is 0 Å². The molecule has 1 aromatic rings. The second-order valence-corrected chi connectivity index (χ2v) is 6.11. The van der Waals surface area contributed by atoms with Crippen LogP contribution in [0.3, 0.4) is 0 Å². The number of amides is 2. The van der Waals surface area contributed by atoms with Gasteiger partial charge in [0.05, 0.1) is 10.6 Å². The molecular formula is C15H18ClN3O2. The lowest BCUT2D eigenvalue weighted by Gasteiger charge is -2.32. The van der Waals surface area contributed by atoms with Crippen LogP contribution in [-0.4, -0.2) is 40.8 Å². The van der Waals surface area contributed by atoms with E-state index in [1.54, 1.807) is 17.2 Å². The summed E-state index contributed by atoms with van der Waals surface area (Å²) in [7, 11) is 0. The van der Waals surface area contributed by atoms with Crippen molar-refractivity contribution in [1.82, 2.24) is 15.2 Å². The van der Waals surface area contributed by atoms with E-state index in [1.807, 2.05) is 0 Å². The Bertz CT molecular complexity index is 552. The summed E-state index contributed by atoms with van der Waals surface area (Å²) in [6.07, 6.45) is 6.69. The molecule has 2 aliphatic rings. The molecule has 1 saturated heterocycles. The number of aromatic nitrogens is 1. The summed E-state index contributed by atoms with van der Waals surface area (Å²) in [5.41, 5.74) is 0.444. The molecule has 0 unspecified atom stereocenters. The predicted octanol–water partition coefficient (Wildman–Crippen LogP) is 1.87. The van der Waals surface area contributed by atoms with Crippen molar-refractivity contribution in [3.63, 3.8) is 0 Å². The molecule has 0 atom stereocenters. The van der Waals surface area contributed by atoms with Crippen molar-refractivity contribution in [3.05, 3.63) is 29.0 Å². The average molecular weight is 308 g/mol. The highest BCUT2D eigenvalue weighted by Crippen LogP contribution is 2.29. The van der Waals surface area contributed by atoms with Gasteiger partial charge in [0.2, 0.25) is 5.91 Å². The fraction of sp³-hybridized carbons (Fsp3) is 0.533. The molecule has 3 rings (SSSR count). The van der Waals surface area contributed by atoms with E-state index in [-0.39, 0.29) is 23.8 Å². The van der Waals surface area contributed by atoms with Gasteiger partial charge in [0.25, 0.3) is 5.91 Å². The van der Waals surface area contributed by atoms with Gasteiger partial charge in [0.1, 0.15) is 0 Å². The molecule has 21 heavy (non-hydrogen) atoms. The number of nitrogens with zero attached hydrogens (tertiary/aromatic N) is 2. The molecule has 0 radical (unpaired) electrons. The summed E-state index contributed by atoms with van der Waals surface area (Å²) < 4.78 is 0. The quantitative estimate of drug-likeness (QED) is 0.927. The van der Waals surface area contributed by atoms with Crippen LogP contribution in [0.4, 0.5) is 0 Å². The summed E-state index contributed by atoms with van der Waals surface area (Å²) >= 11 is 6.03. The molecule has 1 saturated carbocycles. The van der Waals surface area contributed by atoms with Crippen LogP contribution in [0, 0.1) is 5.92 Å². The monoisotopic (exact) mass is 307 g/mol. The Hall–Kier alpha value is -1.62. The topological polar surface area (TPSA) is 62.3 Å². The van der Waals surface area contributed by atoms with Crippen LogP contribution in [0.15, 0.2) is 18.5 Å². The standard InChI is InChI=1S/C15H18ClN3O2/c16-13-3-6-17-9-12(13)15(21)19-7-4-11(5-8-19)18-14(20)10-1-2-10/h3,6,9-11H,1-2,4-5,7-8H2,(H,18,20). The van der Waals surface area contributed by atoms with E-state index in [0.717, 1.165) is 25.7 Å². The zero-order valence-corrected chi connectivity index (χ0v) is 12.5. The third kappa shape index (κ3) is 3.35. The zero-order valence-electron chi connectivity index (χ0n) is 11.7. The summed E-state index contributed by atoms with van der Waals surface area (Å²) in [5, 5.41) is 3.51. The van der Waals surface area contributed by atoms with Gasteiger partial charge in [0, 0.05) is 37.4 Å². The number of nitrogens with one attached hydrogen (secondary N) is 1. The van der Waals surface area contributed by atoms with E-state index in [4.69, 9.17) is 11.6 Å². The van der Waals surface area contributed by atoms with Crippen molar-refractivity contribution in [2.45, 2.75) is 31.7 Å². The number of likely N-dealkylation sites (tertiary alicyclic amines) is 1. The number of piperidine rings is 1. The van der Waals surface area contributed by atoms with Crippen molar-refractivity contribution in [2.24, 2.45) is 5.92 Å². The molecule has 2 fully saturated rings. The van der Waals surface area contributed by atoms with Gasteiger partial charge < -0.3 is 10.2 Å². The molecule has 5 nitrogen and oxygen atoms in total. The van der Waals surface area contributed by atoms with Crippen LogP contribution in [-0.2, 0) is 4.79 Å². The smallest absolute Gasteiger partial charge is 0.256 e. The first-order valence-corrected chi connectivity index (χ1v) is 7.72. The largest absolute Gasteiger partial charge is 0.353 e. The van der Waals surface area contributed by atoms with Crippen molar-refractivity contribution >= 4 is 23.4 Å². The third-order valence-corrected chi connectivity index (χ3v) is 4.40. The third-order valence-electron chi connectivity index (χ3n) is 4.07. The summed E-state index contributed by atoms with van der Waals surface area (Å²) in [4.78, 5) is 29.9. The molecule has 2 amide bonds. The maximum absolute atomic E-state index is 12.4. The zero-order chi connectivity index (χ0) is 14.8. The molecule has 112 valence electrons. The Morgan fingerprint density at radius 3 is 2.57 bits per heavy atom. The Labute approximate surface area is 128 Å². The Kier molecular flexibility index (Phi) is 4.10. The van der Waals surface area contributed by atoms with Crippen LogP contribution >= 0.6 is 11.6 Å². The molecular weight excluding hydrogens is 290 g/mol. The highest BCUT2D eigenvalue weighted by Gasteiger charge is 2.32. The minimum atomic E-state index is -0.0833. The molecule has 6 heteroatoms. The van der Waals surface area contributed by atoms with Gasteiger partial charge in [-0.3, -0.25) is 14.6 Å². The molecule has 1 aromatic heterocycles. The van der Waals surface area contributed by atoms with E-state index in [2.05, 4.69) is 10.3 Å². The molecule has 0 bridgehead atoms. The molecule has 2 heterocycles. The number of rotatable bonds is 3. The molecule has 0 spiro atoms. The average Bonchev–Trinajstić information content (AvgIpc) is 3.32. The lowest BCUT2D eigenvalue weighted by Crippen LogP contribution is -2.47. The SMILES string of the molecule is O=C(NC1CCN(C(=O)c2cnccc2Cl)CC1)C1CC1. The summed E-state index contributed by atoms with van der Waals surface area (Å²) in [6, 6.07) is 1.81. The van der Waals surface area contributed by atoms with Crippen LogP contribution in [0.1, 0.15) is 36.0 Å². The second-order valence-electron chi connectivity index (χ2n) is 5.70. The maximum atomic E-state index is 12.4. The van der Waals surface area contributed by atoms with E-state index >= 15 is 0 Å². The molecule has 0 aromatic carbocycles. The van der Waals surface area contributed by atoms with Crippen molar-refractivity contribution in [3.8, 4) is 0 Å². The molecule has 1 N–H and O–H groups in total.